The first-order valence-corrected chi connectivity index (χ1v) is 8.91. The fraction of sp³-hybridized carbons (Fsp3) is 0.136. The van der Waals surface area contributed by atoms with Gasteiger partial charge in [0.25, 0.3) is 5.91 Å². The Morgan fingerprint density at radius 2 is 1.61 bits per heavy atom. The third-order valence-electron chi connectivity index (χ3n) is 4.22. The number of methoxy groups -OCH3 is 1. The second-order valence-corrected chi connectivity index (χ2v) is 6.13. The number of benzene rings is 2. The van der Waals surface area contributed by atoms with Crippen LogP contribution in [-0.2, 0) is 11.2 Å². The second-order valence-electron chi connectivity index (χ2n) is 6.13. The average Bonchev–Trinajstić information content (AvgIpc) is 2.74. The number of nitrogens with zero attached hydrogens (tertiary/aromatic N) is 1. The molecular weight excluding hydrogens is 354 g/mol. The molecule has 1 amide bonds. The molecule has 0 saturated heterocycles. The van der Waals surface area contributed by atoms with Crippen LogP contribution < -0.4 is 10.6 Å². The van der Waals surface area contributed by atoms with Crippen LogP contribution in [0.2, 0.25) is 0 Å². The summed E-state index contributed by atoms with van der Waals surface area (Å²) in [5.41, 5.74) is 3.65. The standard InChI is InChI=1S/C22H21N3O3/c1-3-15-4-8-19(9-5-15)25-21(26)17-12-13-23-20(14-17)24-18-10-6-16(7-11-18)22(27)28-2/h4-14H,3H2,1-2H3,(H,23,24)(H,25,26). The number of esters is 1. The van der Waals surface area contributed by atoms with Crippen molar-refractivity contribution in [3.8, 4) is 0 Å². The number of aromatic nitrogens is 1. The van der Waals surface area contributed by atoms with E-state index >= 15 is 0 Å². The summed E-state index contributed by atoms with van der Waals surface area (Å²) in [7, 11) is 1.34. The van der Waals surface area contributed by atoms with Crippen LogP contribution in [0.1, 0.15) is 33.2 Å². The number of nitrogens with one attached hydrogen (secondary N) is 2. The van der Waals surface area contributed by atoms with E-state index in [1.807, 2.05) is 24.3 Å². The van der Waals surface area contributed by atoms with Gasteiger partial charge in [0.1, 0.15) is 5.82 Å². The molecule has 6 heteroatoms. The number of carbonyl (C=O) groups excluding carboxylic acids is 2. The minimum atomic E-state index is -0.393. The maximum absolute atomic E-state index is 12.5. The molecule has 0 unspecified atom stereocenters. The summed E-state index contributed by atoms with van der Waals surface area (Å²) < 4.78 is 4.68. The van der Waals surface area contributed by atoms with Crippen LogP contribution in [0.25, 0.3) is 0 Å². The number of pyridine rings is 1. The molecule has 0 saturated carbocycles. The van der Waals surface area contributed by atoms with Crippen LogP contribution in [0.3, 0.4) is 0 Å². The fourth-order valence-corrected chi connectivity index (χ4v) is 2.62. The normalized spacial score (nSPS) is 10.2. The number of ether oxygens (including phenoxy) is 1. The van der Waals surface area contributed by atoms with Gasteiger partial charge in [-0.05, 0) is 60.5 Å². The Labute approximate surface area is 163 Å². The SMILES string of the molecule is CCc1ccc(NC(=O)c2ccnc(Nc3ccc(C(=O)OC)cc3)c2)cc1. The molecule has 1 heterocycles. The molecule has 2 N–H and O–H groups in total. The third kappa shape index (κ3) is 4.73. The topological polar surface area (TPSA) is 80.3 Å². The molecule has 3 rings (SSSR count). The summed E-state index contributed by atoms with van der Waals surface area (Å²) in [6.07, 6.45) is 2.52. The number of amides is 1. The van der Waals surface area contributed by atoms with Crippen molar-refractivity contribution in [1.82, 2.24) is 4.98 Å². The van der Waals surface area contributed by atoms with Crippen LogP contribution in [-0.4, -0.2) is 24.0 Å². The molecule has 0 radical (unpaired) electrons. The minimum Gasteiger partial charge on any atom is -0.465 e. The molecule has 3 aromatic rings. The van der Waals surface area contributed by atoms with Gasteiger partial charge in [-0.1, -0.05) is 19.1 Å². The molecule has 142 valence electrons. The van der Waals surface area contributed by atoms with Gasteiger partial charge in [0, 0.05) is 23.1 Å². The van der Waals surface area contributed by atoms with E-state index in [1.165, 1.54) is 12.7 Å². The molecule has 1 aromatic heterocycles. The van der Waals surface area contributed by atoms with Crippen LogP contribution >= 0.6 is 0 Å². The van der Waals surface area contributed by atoms with Gasteiger partial charge in [-0.2, -0.15) is 0 Å². The summed E-state index contributed by atoms with van der Waals surface area (Å²) in [5, 5.41) is 6.00. The van der Waals surface area contributed by atoms with E-state index in [4.69, 9.17) is 0 Å². The molecule has 0 aliphatic rings. The zero-order valence-corrected chi connectivity index (χ0v) is 15.7. The molecular formula is C22H21N3O3. The van der Waals surface area contributed by atoms with E-state index in [0.717, 1.165) is 17.8 Å². The summed E-state index contributed by atoms with van der Waals surface area (Å²) in [5.74, 6) is -0.0779. The van der Waals surface area contributed by atoms with Gasteiger partial charge >= 0.3 is 5.97 Å². The number of aryl methyl sites for hydroxylation is 1. The van der Waals surface area contributed by atoms with Crippen molar-refractivity contribution in [2.75, 3.05) is 17.7 Å². The van der Waals surface area contributed by atoms with Crippen molar-refractivity contribution in [2.24, 2.45) is 0 Å². The van der Waals surface area contributed by atoms with E-state index in [2.05, 4.69) is 27.3 Å². The number of hydrogen-bond acceptors (Lipinski definition) is 5. The summed E-state index contributed by atoms with van der Waals surface area (Å²) in [6.45, 7) is 2.09. The van der Waals surface area contributed by atoms with Crippen LogP contribution in [0.15, 0.2) is 66.9 Å². The quantitative estimate of drug-likeness (QED) is 0.623. The Hall–Kier alpha value is -3.67. The molecule has 0 fully saturated rings. The van der Waals surface area contributed by atoms with E-state index in [1.54, 1.807) is 42.6 Å². The number of carbonyl (C=O) groups is 2. The first-order valence-electron chi connectivity index (χ1n) is 8.91. The van der Waals surface area contributed by atoms with Gasteiger partial charge in [0.05, 0.1) is 12.7 Å². The highest BCUT2D eigenvalue weighted by Gasteiger charge is 2.09. The predicted molar refractivity (Wildman–Crippen MR) is 109 cm³/mol. The molecule has 0 bridgehead atoms. The lowest BCUT2D eigenvalue weighted by Crippen LogP contribution is -2.12. The van der Waals surface area contributed by atoms with Gasteiger partial charge in [-0.3, -0.25) is 4.79 Å². The van der Waals surface area contributed by atoms with Crippen LogP contribution in [0.5, 0.6) is 0 Å². The van der Waals surface area contributed by atoms with Crippen molar-refractivity contribution < 1.29 is 14.3 Å². The monoisotopic (exact) mass is 375 g/mol. The lowest BCUT2D eigenvalue weighted by molar-refractivity contribution is 0.0600. The minimum absolute atomic E-state index is 0.212. The van der Waals surface area contributed by atoms with Gasteiger partial charge < -0.3 is 15.4 Å². The summed E-state index contributed by atoms with van der Waals surface area (Å²) >= 11 is 0. The van der Waals surface area contributed by atoms with Crippen molar-refractivity contribution in [2.45, 2.75) is 13.3 Å². The van der Waals surface area contributed by atoms with Gasteiger partial charge in [-0.15, -0.1) is 0 Å². The lowest BCUT2D eigenvalue weighted by atomic mass is 10.1. The Balaban J connectivity index is 1.69. The highest BCUT2D eigenvalue weighted by atomic mass is 16.5. The van der Waals surface area contributed by atoms with Crippen molar-refractivity contribution in [1.29, 1.82) is 0 Å². The fourth-order valence-electron chi connectivity index (χ4n) is 2.62. The van der Waals surface area contributed by atoms with Gasteiger partial charge in [0.15, 0.2) is 0 Å². The number of rotatable bonds is 6. The van der Waals surface area contributed by atoms with Gasteiger partial charge in [-0.25, -0.2) is 9.78 Å². The first-order chi connectivity index (χ1) is 13.6. The number of anilines is 3. The Bertz CT molecular complexity index is 967. The molecule has 6 nitrogen and oxygen atoms in total. The molecule has 0 aliphatic carbocycles. The number of hydrogen-bond donors (Lipinski definition) is 2. The van der Waals surface area contributed by atoms with Gasteiger partial charge in [0.2, 0.25) is 0 Å². The molecule has 0 spiro atoms. The van der Waals surface area contributed by atoms with Crippen molar-refractivity contribution in [3.05, 3.63) is 83.6 Å². The first kappa shape index (κ1) is 19.1. The largest absolute Gasteiger partial charge is 0.465 e. The zero-order valence-electron chi connectivity index (χ0n) is 15.7. The van der Waals surface area contributed by atoms with E-state index < -0.39 is 5.97 Å². The molecule has 28 heavy (non-hydrogen) atoms. The predicted octanol–water partition coefficient (Wildman–Crippen LogP) is 4.43. The Morgan fingerprint density at radius 1 is 0.929 bits per heavy atom. The molecule has 0 atom stereocenters. The Kier molecular flexibility index (Phi) is 6.01. The van der Waals surface area contributed by atoms with E-state index in [-0.39, 0.29) is 5.91 Å². The average molecular weight is 375 g/mol. The second kappa shape index (κ2) is 8.81. The van der Waals surface area contributed by atoms with Crippen molar-refractivity contribution in [3.63, 3.8) is 0 Å². The summed E-state index contributed by atoms with van der Waals surface area (Å²) in [6, 6.07) is 17.9. The van der Waals surface area contributed by atoms with E-state index in [9.17, 15) is 9.59 Å². The zero-order chi connectivity index (χ0) is 19.9. The molecule has 0 aliphatic heterocycles. The highest BCUT2D eigenvalue weighted by Crippen LogP contribution is 2.18. The maximum atomic E-state index is 12.5. The molecule has 2 aromatic carbocycles. The third-order valence-corrected chi connectivity index (χ3v) is 4.22. The summed E-state index contributed by atoms with van der Waals surface area (Å²) in [4.78, 5) is 28.2. The lowest BCUT2D eigenvalue weighted by Gasteiger charge is -2.09. The van der Waals surface area contributed by atoms with E-state index in [0.29, 0.717) is 16.9 Å². The smallest absolute Gasteiger partial charge is 0.337 e. The van der Waals surface area contributed by atoms with Crippen LogP contribution in [0.4, 0.5) is 17.2 Å². The highest BCUT2D eigenvalue weighted by molar-refractivity contribution is 6.04. The maximum Gasteiger partial charge on any atom is 0.337 e. The Morgan fingerprint density at radius 3 is 2.25 bits per heavy atom. The van der Waals surface area contributed by atoms with Crippen LogP contribution in [0, 0.1) is 0 Å². The van der Waals surface area contributed by atoms with Crippen molar-refractivity contribution >= 4 is 29.1 Å².